The van der Waals surface area contributed by atoms with Gasteiger partial charge in [-0.2, -0.15) is 0 Å². The maximum absolute atomic E-state index is 13.0. The molecule has 0 bridgehead atoms. The Balaban J connectivity index is 5.16. The van der Waals surface area contributed by atoms with Crippen LogP contribution >= 0.6 is 15.6 Å². The first kappa shape index (κ1) is 89.1. The van der Waals surface area contributed by atoms with Crippen molar-refractivity contribution in [3.8, 4) is 0 Å². The van der Waals surface area contributed by atoms with E-state index < -0.39 is 97.5 Å². The Labute approximate surface area is 556 Å². The van der Waals surface area contributed by atoms with Crippen LogP contribution in [0.25, 0.3) is 0 Å². The first-order valence-electron chi connectivity index (χ1n) is 37.5. The Morgan fingerprint density at radius 1 is 0.319 bits per heavy atom. The molecule has 0 amide bonds. The third-order valence-corrected chi connectivity index (χ3v) is 19.0. The van der Waals surface area contributed by atoms with Crippen molar-refractivity contribution >= 4 is 39.5 Å². The van der Waals surface area contributed by atoms with Gasteiger partial charge in [0.15, 0.2) is 12.2 Å². The number of unbranched alkanes of at least 4 members (excludes halogenated alkanes) is 40. The average molecular weight is 1340 g/mol. The van der Waals surface area contributed by atoms with Crippen molar-refractivity contribution in [2.24, 2.45) is 11.8 Å². The van der Waals surface area contributed by atoms with Crippen molar-refractivity contribution in [2.45, 2.75) is 387 Å². The number of esters is 4. The molecule has 0 saturated carbocycles. The molecular weight excluding hydrogens is 1200 g/mol. The summed E-state index contributed by atoms with van der Waals surface area (Å²) in [5.74, 6) is -0.532. The van der Waals surface area contributed by atoms with Crippen LogP contribution in [0.2, 0.25) is 0 Å². The summed E-state index contributed by atoms with van der Waals surface area (Å²) in [6.07, 6.45) is 50.2. The quantitative estimate of drug-likeness (QED) is 0.0222. The van der Waals surface area contributed by atoms with Gasteiger partial charge in [-0.15, -0.1) is 0 Å². The molecule has 0 aliphatic carbocycles. The normalized spacial score (nSPS) is 14.4. The number of carbonyl (C=O) groups is 4. The fourth-order valence-electron chi connectivity index (χ4n) is 10.9. The van der Waals surface area contributed by atoms with E-state index in [9.17, 15) is 43.2 Å². The average Bonchev–Trinajstić information content (AvgIpc) is 3.44. The standard InChI is InChI=1S/C72H140O17P2/c1-7-10-12-14-15-16-17-18-19-23-26-32-37-43-49-55-70(75)83-61-68(89-72(77)56-50-44-38-33-27-24-21-20-22-25-30-35-41-46-52-64(4)5)63-87-91(80,81)85-59-66(73)58-84-90(78,79)86-62-67(60-82-69(74)54-48-40-13-11-8-2)88-71(76)57-51-45-39-34-29-28-31-36-42-47-53-65(6)9-3/h64-68,73H,7-63H2,1-6H3,(H,78,79)(H,80,81)/t65?,66-,67+,68+/m0/s1. The van der Waals surface area contributed by atoms with Crippen LogP contribution in [0.3, 0.4) is 0 Å². The molecule has 0 aromatic rings. The fraction of sp³-hybridized carbons (Fsp3) is 0.944. The second-order valence-corrected chi connectivity index (χ2v) is 29.6. The summed E-state index contributed by atoms with van der Waals surface area (Å²) in [6, 6.07) is 0. The van der Waals surface area contributed by atoms with E-state index in [1.807, 2.05) is 0 Å². The van der Waals surface area contributed by atoms with Crippen molar-refractivity contribution in [2.75, 3.05) is 39.6 Å². The zero-order valence-corrected chi connectivity index (χ0v) is 60.9. The zero-order chi connectivity index (χ0) is 67.2. The minimum Gasteiger partial charge on any atom is -0.462 e. The number of hydrogen-bond acceptors (Lipinski definition) is 15. The van der Waals surface area contributed by atoms with Gasteiger partial charge >= 0.3 is 39.5 Å². The van der Waals surface area contributed by atoms with Gasteiger partial charge in [0.2, 0.25) is 0 Å². The largest absolute Gasteiger partial charge is 0.472 e. The molecule has 6 atom stereocenters. The number of ether oxygens (including phenoxy) is 4. The highest BCUT2D eigenvalue weighted by atomic mass is 31.2. The predicted octanol–water partition coefficient (Wildman–Crippen LogP) is 20.8. The zero-order valence-electron chi connectivity index (χ0n) is 59.1. The van der Waals surface area contributed by atoms with Crippen molar-refractivity contribution in [3.63, 3.8) is 0 Å². The third-order valence-electron chi connectivity index (χ3n) is 17.1. The molecule has 19 heteroatoms. The minimum absolute atomic E-state index is 0.105. The molecule has 0 aliphatic heterocycles. The lowest BCUT2D eigenvalue weighted by molar-refractivity contribution is -0.161. The van der Waals surface area contributed by atoms with Crippen molar-refractivity contribution < 1.29 is 80.2 Å². The van der Waals surface area contributed by atoms with Crippen molar-refractivity contribution in [3.05, 3.63) is 0 Å². The van der Waals surface area contributed by atoms with E-state index in [1.54, 1.807) is 0 Å². The number of aliphatic hydroxyl groups is 1. The lowest BCUT2D eigenvalue weighted by Gasteiger charge is -2.21. The van der Waals surface area contributed by atoms with Crippen LogP contribution in [0.5, 0.6) is 0 Å². The lowest BCUT2D eigenvalue weighted by Crippen LogP contribution is -2.30. The van der Waals surface area contributed by atoms with Crippen LogP contribution in [-0.2, 0) is 65.4 Å². The monoisotopic (exact) mass is 1340 g/mol. The molecule has 3 N–H and O–H groups in total. The minimum atomic E-state index is -4.95. The Morgan fingerprint density at radius 2 is 0.560 bits per heavy atom. The van der Waals surface area contributed by atoms with E-state index in [4.69, 9.17) is 37.0 Å². The van der Waals surface area contributed by atoms with E-state index in [2.05, 4.69) is 41.5 Å². The van der Waals surface area contributed by atoms with Gasteiger partial charge in [-0.05, 0) is 37.5 Å². The maximum atomic E-state index is 13.0. The highest BCUT2D eigenvalue weighted by Gasteiger charge is 2.30. The van der Waals surface area contributed by atoms with Gasteiger partial charge in [0, 0.05) is 25.7 Å². The van der Waals surface area contributed by atoms with Crippen LogP contribution in [0.1, 0.15) is 369 Å². The van der Waals surface area contributed by atoms with E-state index in [-0.39, 0.29) is 25.7 Å². The summed E-state index contributed by atoms with van der Waals surface area (Å²) < 4.78 is 68.2. The number of carbonyl (C=O) groups excluding carboxylic acids is 4. The molecule has 3 unspecified atom stereocenters. The number of rotatable bonds is 71. The predicted molar refractivity (Wildman–Crippen MR) is 368 cm³/mol. The number of phosphoric ester groups is 2. The molecule has 0 aromatic carbocycles. The Kier molecular flexibility index (Phi) is 62.7. The summed E-state index contributed by atoms with van der Waals surface area (Å²) in [4.78, 5) is 72.4. The lowest BCUT2D eigenvalue weighted by atomic mass is 9.99. The van der Waals surface area contributed by atoms with Crippen molar-refractivity contribution in [1.29, 1.82) is 0 Å². The van der Waals surface area contributed by atoms with Crippen LogP contribution in [0, 0.1) is 11.8 Å². The van der Waals surface area contributed by atoms with Gasteiger partial charge < -0.3 is 33.8 Å². The Morgan fingerprint density at radius 3 is 0.835 bits per heavy atom. The van der Waals surface area contributed by atoms with Gasteiger partial charge in [0.05, 0.1) is 26.4 Å². The van der Waals surface area contributed by atoms with E-state index in [1.165, 1.54) is 180 Å². The molecule has 0 heterocycles. The first-order valence-corrected chi connectivity index (χ1v) is 40.5. The summed E-state index contributed by atoms with van der Waals surface area (Å²) in [5, 5.41) is 10.6. The number of aliphatic hydroxyl groups excluding tert-OH is 1. The molecule has 0 fully saturated rings. The molecule has 17 nitrogen and oxygen atoms in total. The first-order chi connectivity index (χ1) is 43.9. The number of phosphoric acid groups is 2. The summed E-state index contributed by atoms with van der Waals surface area (Å²) in [6.45, 7) is 9.53. The molecule has 0 spiro atoms. The maximum Gasteiger partial charge on any atom is 0.472 e. The van der Waals surface area contributed by atoms with Gasteiger partial charge in [-0.3, -0.25) is 37.3 Å². The summed E-state index contributed by atoms with van der Waals surface area (Å²) >= 11 is 0. The van der Waals surface area contributed by atoms with Gasteiger partial charge in [0.25, 0.3) is 0 Å². The Bertz CT molecular complexity index is 1770. The highest BCUT2D eigenvalue weighted by molar-refractivity contribution is 7.47. The molecule has 0 aliphatic rings. The van der Waals surface area contributed by atoms with Crippen LogP contribution < -0.4 is 0 Å². The molecule has 91 heavy (non-hydrogen) atoms. The Hall–Kier alpha value is -1.94. The van der Waals surface area contributed by atoms with Crippen molar-refractivity contribution in [1.82, 2.24) is 0 Å². The van der Waals surface area contributed by atoms with Crippen LogP contribution in [-0.4, -0.2) is 96.7 Å². The van der Waals surface area contributed by atoms with Crippen LogP contribution in [0.15, 0.2) is 0 Å². The summed E-state index contributed by atoms with van der Waals surface area (Å²) in [7, 11) is -9.90. The van der Waals surface area contributed by atoms with E-state index in [0.29, 0.717) is 25.7 Å². The van der Waals surface area contributed by atoms with Crippen LogP contribution in [0.4, 0.5) is 0 Å². The fourth-order valence-corrected chi connectivity index (χ4v) is 12.5. The summed E-state index contributed by atoms with van der Waals surface area (Å²) in [5.41, 5.74) is 0. The molecular formula is C72H140O17P2. The second-order valence-electron chi connectivity index (χ2n) is 26.7. The van der Waals surface area contributed by atoms with Gasteiger partial charge in [-0.25, -0.2) is 9.13 Å². The topological polar surface area (TPSA) is 237 Å². The molecule has 0 radical (unpaired) electrons. The third kappa shape index (κ3) is 65.1. The second kappa shape index (κ2) is 64.1. The SMILES string of the molecule is CCCCCCCCCCCCCCCCCC(=O)OC[C@H](COP(=O)(O)OC[C@@H](O)COP(=O)(O)OC[C@@H](COC(=O)CCCCCCC)OC(=O)CCCCCCCCCCCCC(C)CC)OC(=O)CCCCCCCCCCCCCCCCC(C)C. The van der Waals surface area contributed by atoms with Gasteiger partial charge in [-0.1, -0.05) is 318 Å². The smallest absolute Gasteiger partial charge is 0.462 e. The van der Waals surface area contributed by atoms with E-state index in [0.717, 1.165) is 108 Å². The molecule has 0 rings (SSSR count). The molecule has 0 saturated heterocycles. The highest BCUT2D eigenvalue weighted by Crippen LogP contribution is 2.45. The van der Waals surface area contributed by atoms with Gasteiger partial charge in [0.1, 0.15) is 19.3 Å². The number of hydrogen-bond donors (Lipinski definition) is 3. The molecule has 540 valence electrons. The molecule has 0 aromatic heterocycles. The van der Waals surface area contributed by atoms with E-state index >= 15 is 0 Å².